The molecule has 0 saturated carbocycles. The van der Waals surface area contributed by atoms with Crippen molar-refractivity contribution in [2.45, 2.75) is 25.7 Å². The first-order valence-corrected chi connectivity index (χ1v) is 10.1. The highest BCUT2D eigenvalue weighted by molar-refractivity contribution is 7.15. The molecular formula is C20H23N5O2S. The Labute approximate surface area is 167 Å². The molecule has 3 aromatic rings. The SMILES string of the molecule is COc1ccc(C)cc1-n1ccc(C(=O)Nc2ncc(C3CCNCC3)s2)n1. The lowest BCUT2D eigenvalue weighted by Crippen LogP contribution is -2.26. The molecule has 0 radical (unpaired) electrons. The zero-order valence-electron chi connectivity index (χ0n) is 15.9. The number of anilines is 1. The van der Waals surface area contributed by atoms with Gasteiger partial charge >= 0.3 is 0 Å². The van der Waals surface area contributed by atoms with Crippen LogP contribution in [0.1, 0.15) is 39.7 Å². The van der Waals surface area contributed by atoms with Gasteiger partial charge in [0.15, 0.2) is 10.8 Å². The molecule has 1 saturated heterocycles. The summed E-state index contributed by atoms with van der Waals surface area (Å²) in [5, 5.41) is 11.3. The third-order valence-electron chi connectivity index (χ3n) is 4.89. The van der Waals surface area contributed by atoms with Gasteiger partial charge < -0.3 is 10.1 Å². The van der Waals surface area contributed by atoms with Gasteiger partial charge in [-0.15, -0.1) is 11.3 Å². The van der Waals surface area contributed by atoms with E-state index in [1.807, 2.05) is 31.3 Å². The van der Waals surface area contributed by atoms with Crippen LogP contribution in [0.25, 0.3) is 5.69 Å². The Kier molecular flexibility index (Phi) is 5.40. The molecule has 0 unspecified atom stereocenters. The zero-order chi connectivity index (χ0) is 19.5. The molecule has 1 fully saturated rings. The summed E-state index contributed by atoms with van der Waals surface area (Å²) in [5.41, 5.74) is 2.22. The minimum atomic E-state index is -0.267. The number of carbonyl (C=O) groups is 1. The van der Waals surface area contributed by atoms with Crippen LogP contribution in [-0.2, 0) is 0 Å². The van der Waals surface area contributed by atoms with Gasteiger partial charge in [0.1, 0.15) is 11.4 Å². The first-order chi connectivity index (χ1) is 13.6. The average molecular weight is 398 g/mol. The van der Waals surface area contributed by atoms with Crippen LogP contribution in [0.15, 0.2) is 36.7 Å². The van der Waals surface area contributed by atoms with Gasteiger partial charge in [-0.3, -0.25) is 10.1 Å². The number of aryl methyl sites for hydroxylation is 1. The van der Waals surface area contributed by atoms with E-state index in [1.165, 1.54) is 4.88 Å². The number of nitrogens with one attached hydrogen (secondary N) is 2. The van der Waals surface area contributed by atoms with E-state index < -0.39 is 0 Å². The van der Waals surface area contributed by atoms with Crippen molar-refractivity contribution in [3.63, 3.8) is 0 Å². The Hall–Kier alpha value is -2.71. The summed E-state index contributed by atoms with van der Waals surface area (Å²) in [4.78, 5) is 18.2. The van der Waals surface area contributed by atoms with E-state index in [-0.39, 0.29) is 5.91 Å². The van der Waals surface area contributed by atoms with Crippen molar-refractivity contribution in [3.05, 3.63) is 52.8 Å². The molecule has 2 N–H and O–H groups in total. The van der Waals surface area contributed by atoms with Gasteiger partial charge in [-0.25, -0.2) is 9.67 Å². The fraction of sp³-hybridized carbons (Fsp3) is 0.350. The fourth-order valence-corrected chi connectivity index (χ4v) is 4.34. The minimum Gasteiger partial charge on any atom is -0.494 e. The lowest BCUT2D eigenvalue weighted by Gasteiger charge is -2.20. The molecule has 3 heterocycles. The molecular weight excluding hydrogens is 374 g/mol. The molecule has 2 aromatic heterocycles. The number of benzene rings is 1. The van der Waals surface area contributed by atoms with E-state index >= 15 is 0 Å². The summed E-state index contributed by atoms with van der Waals surface area (Å²) in [5.74, 6) is 0.959. The molecule has 0 aliphatic carbocycles. The number of piperidine rings is 1. The number of nitrogens with zero attached hydrogens (tertiary/aromatic N) is 3. The minimum absolute atomic E-state index is 0.267. The Morgan fingerprint density at radius 1 is 1.32 bits per heavy atom. The smallest absolute Gasteiger partial charge is 0.277 e. The molecule has 0 bridgehead atoms. The summed E-state index contributed by atoms with van der Waals surface area (Å²) in [7, 11) is 1.62. The van der Waals surface area contributed by atoms with Crippen LogP contribution in [0.3, 0.4) is 0 Å². The molecule has 1 aliphatic heterocycles. The molecule has 28 heavy (non-hydrogen) atoms. The van der Waals surface area contributed by atoms with Crippen LogP contribution in [0.2, 0.25) is 0 Å². The first kappa shape index (κ1) is 18.6. The number of amides is 1. The maximum atomic E-state index is 12.6. The zero-order valence-corrected chi connectivity index (χ0v) is 16.8. The van der Waals surface area contributed by atoms with Gasteiger partial charge in [0.2, 0.25) is 0 Å². The van der Waals surface area contributed by atoms with E-state index in [0.29, 0.717) is 22.5 Å². The van der Waals surface area contributed by atoms with Crippen LogP contribution < -0.4 is 15.4 Å². The van der Waals surface area contributed by atoms with Gasteiger partial charge in [-0.05, 0) is 62.5 Å². The van der Waals surface area contributed by atoms with Gasteiger partial charge in [0, 0.05) is 17.3 Å². The van der Waals surface area contributed by atoms with Crippen LogP contribution in [0.5, 0.6) is 5.75 Å². The topological polar surface area (TPSA) is 81.1 Å². The predicted octanol–water partition coefficient (Wildman–Crippen LogP) is 3.37. The number of ether oxygens (including phenoxy) is 1. The molecule has 8 heteroatoms. The van der Waals surface area contributed by atoms with Gasteiger partial charge in [0.05, 0.1) is 7.11 Å². The molecule has 1 amide bonds. The second kappa shape index (κ2) is 8.12. The number of hydrogen-bond acceptors (Lipinski definition) is 6. The monoisotopic (exact) mass is 397 g/mol. The fourth-order valence-electron chi connectivity index (χ4n) is 3.36. The van der Waals surface area contributed by atoms with Crippen molar-refractivity contribution in [3.8, 4) is 11.4 Å². The van der Waals surface area contributed by atoms with Crippen LogP contribution in [0, 0.1) is 6.92 Å². The van der Waals surface area contributed by atoms with Crippen LogP contribution >= 0.6 is 11.3 Å². The maximum absolute atomic E-state index is 12.6. The van der Waals surface area contributed by atoms with Crippen molar-refractivity contribution in [1.29, 1.82) is 0 Å². The molecule has 0 atom stereocenters. The molecule has 7 nitrogen and oxygen atoms in total. The number of rotatable bonds is 5. The van der Waals surface area contributed by atoms with Gasteiger partial charge in [-0.2, -0.15) is 5.10 Å². The van der Waals surface area contributed by atoms with E-state index in [4.69, 9.17) is 4.74 Å². The van der Waals surface area contributed by atoms with Crippen molar-refractivity contribution in [2.24, 2.45) is 0 Å². The van der Waals surface area contributed by atoms with E-state index in [0.717, 1.165) is 37.2 Å². The summed E-state index contributed by atoms with van der Waals surface area (Å²) >= 11 is 1.55. The molecule has 1 aromatic carbocycles. The summed E-state index contributed by atoms with van der Waals surface area (Å²) in [6.07, 6.45) is 5.86. The predicted molar refractivity (Wildman–Crippen MR) is 110 cm³/mol. The van der Waals surface area contributed by atoms with E-state index in [1.54, 1.807) is 35.4 Å². The second-order valence-electron chi connectivity index (χ2n) is 6.87. The number of methoxy groups -OCH3 is 1. The Bertz CT molecular complexity index is 975. The lowest BCUT2D eigenvalue weighted by atomic mass is 9.97. The number of thiazole rings is 1. The van der Waals surface area contributed by atoms with Crippen LogP contribution in [0.4, 0.5) is 5.13 Å². The third-order valence-corrected chi connectivity index (χ3v) is 5.96. The number of carbonyl (C=O) groups excluding carboxylic acids is 1. The third kappa shape index (κ3) is 3.93. The summed E-state index contributed by atoms with van der Waals surface area (Å²) < 4.78 is 7.06. The number of aromatic nitrogens is 3. The largest absolute Gasteiger partial charge is 0.494 e. The Morgan fingerprint density at radius 3 is 2.93 bits per heavy atom. The van der Waals surface area contributed by atoms with Gasteiger partial charge in [-0.1, -0.05) is 6.07 Å². The standard InChI is InChI=1S/C20H23N5O2S/c1-13-3-4-17(27-2)16(11-13)25-10-7-15(24-25)19(26)23-20-22-12-18(28-20)14-5-8-21-9-6-14/h3-4,7,10-12,14,21H,5-6,8-9H2,1-2H3,(H,22,23,26). The highest BCUT2D eigenvalue weighted by Gasteiger charge is 2.19. The Morgan fingerprint density at radius 2 is 2.14 bits per heavy atom. The molecule has 4 rings (SSSR count). The average Bonchev–Trinajstić information content (AvgIpc) is 3.38. The maximum Gasteiger partial charge on any atom is 0.277 e. The molecule has 1 aliphatic rings. The highest BCUT2D eigenvalue weighted by Crippen LogP contribution is 2.31. The quantitative estimate of drug-likeness (QED) is 0.690. The number of hydrogen-bond donors (Lipinski definition) is 2. The van der Waals surface area contributed by atoms with Crippen LogP contribution in [-0.4, -0.2) is 40.9 Å². The second-order valence-corrected chi connectivity index (χ2v) is 7.93. The van der Waals surface area contributed by atoms with Crippen molar-refractivity contribution in [1.82, 2.24) is 20.1 Å². The molecule has 146 valence electrons. The van der Waals surface area contributed by atoms with Crippen molar-refractivity contribution in [2.75, 3.05) is 25.5 Å². The Balaban J connectivity index is 1.48. The summed E-state index contributed by atoms with van der Waals surface area (Å²) in [6, 6.07) is 7.53. The first-order valence-electron chi connectivity index (χ1n) is 9.32. The van der Waals surface area contributed by atoms with Crippen molar-refractivity contribution >= 4 is 22.4 Å². The molecule has 0 spiro atoms. The van der Waals surface area contributed by atoms with Gasteiger partial charge in [0.25, 0.3) is 5.91 Å². The summed E-state index contributed by atoms with van der Waals surface area (Å²) in [6.45, 7) is 4.07. The van der Waals surface area contributed by atoms with Crippen molar-refractivity contribution < 1.29 is 9.53 Å². The normalized spacial score (nSPS) is 14.8. The highest BCUT2D eigenvalue weighted by atomic mass is 32.1. The van der Waals surface area contributed by atoms with E-state index in [9.17, 15) is 4.79 Å². The van der Waals surface area contributed by atoms with E-state index in [2.05, 4.69) is 20.7 Å². The lowest BCUT2D eigenvalue weighted by molar-refractivity contribution is 0.102.